The molecule has 0 radical (unpaired) electrons. The molecule has 1 amide bonds. The molecule has 172 valence electrons. The number of hydrogen-bond acceptors (Lipinski definition) is 5. The Labute approximate surface area is 187 Å². The van der Waals surface area contributed by atoms with Crippen LogP contribution in [0.15, 0.2) is 41.3 Å². The molecule has 7 nitrogen and oxygen atoms in total. The number of carbonyl (C=O) groups excluding carboxylic acids is 1. The van der Waals surface area contributed by atoms with Gasteiger partial charge in [0.05, 0.1) is 23.1 Å². The summed E-state index contributed by atoms with van der Waals surface area (Å²) in [7, 11) is -3.81. The minimum Gasteiger partial charge on any atom is -0.492 e. The Kier molecular flexibility index (Phi) is 6.39. The number of rotatable bonds is 6. The number of carbonyl (C=O) groups is 1. The van der Waals surface area contributed by atoms with Gasteiger partial charge in [0.2, 0.25) is 15.9 Å². The summed E-state index contributed by atoms with van der Waals surface area (Å²) in [6, 6.07) is 8.39. The van der Waals surface area contributed by atoms with Crippen LogP contribution in [0.2, 0.25) is 0 Å². The molecule has 2 aliphatic heterocycles. The number of nitrogens with one attached hydrogen (secondary N) is 1. The van der Waals surface area contributed by atoms with E-state index in [1.165, 1.54) is 16.4 Å². The van der Waals surface area contributed by atoms with E-state index in [0.717, 1.165) is 29.9 Å². The smallest absolute Gasteiger partial charge is 0.243 e. The van der Waals surface area contributed by atoms with E-state index in [0.29, 0.717) is 37.4 Å². The lowest BCUT2D eigenvalue weighted by atomic mass is 9.98. The van der Waals surface area contributed by atoms with Gasteiger partial charge in [0.1, 0.15) is 23.4 Å². The van der Waals surface area contributed by atoms with Crippen molar-refractivity contribution in [1.29, 1.82) is 0 Å². The van der Waals surface area contributed by atoms with Crippen LogP contribution >= 0.6 is 0 Å². The lowest BCUT2D eigenvalue weighted by Crippen LogP contribution is -2.43. The summed E-state index contributed by atoms with van der Waals surface area (Å²) in [6.45, 7) is 4.69. The highest BCUT2D eigenvalue weighted by molar-refractivity contribution is 7.89. The maximum atomic E-state index is 13.2. The topological polar surface area (TPSA) is 84.9 Å². The number of ether oxygens (including phenoxy) is 2. The molecule has 1 N–H and O–H groups in total. The van der Waals surface area contributed by atoms with E-state index in [4.69, 9.17) is 9.47 Å². The number of sulfonamides is 1. The van der Waals surface area contributed by atoms with Gasteiger partial charge in [0.15, 0.2) is 0 Å². The molecular weight excluding hydrogens is 435 g/mol. The third-order valence-electron chi connectivity index (χ3n) is 5.76. The molecule has 0 spiro atoms. The third-order valence-corrected chi connectivity index (χ3v) is 7.64. The summed E-state index contributed by atoms with van der Waals surface area (Å²) in [5.74, 6) is 0.0134. The second-order valence-electron chi connectivity index (χ2n) is 8.17. The molecule has 32 heavy (non-hydrogen) atoms. The van der Waals surface area contributed by atoms with Gasteiger partial charge in [-0.05, 0) is 57.0 Å². The number of amides is 1. The Bertz CT molecular complexity index is 1100. The van der Waals surface area contributed by atoms with Crippen molar-refractivity contribution in [3.05, 3.63) is 47.8 Å². The molecule has 2 aliphatic rings. The Hall–Kier alpha value is -2.65. The van der Waals surface area contributed by atoms with Crippen LogP contribution in [-0.4, -0.2) is 44.4 Å². The highest BCUT2D eigenvalue weighted by Gasteiger charge is 2.34. The summed E-state index contributed by atoms with van der Waals surface area (Å²) in [6.07, 6.45) is 1.97. The van der Waals surface area contributed by atoms with Crippen molar-refractivity contribution in [1.82, 2.24) is 4.31 Å². The van der Waals surface area contributed by atoms with E-state index in [9.17, 15) is 17.6 Å². The third kappa shape index (κ3) is 4.59. The summed E-state index contributed by atoms with van der Waals surface area (Å²) >= 11 is 0. The molecule has 0 aromatic heterocycles. The van der Waals surface area contributed by atoms with Crippen LogP contribution in [0.25, 0.3) is 0 Å². The van der Waals surface area contributed by atoms with Crippen LogP contribution in [0.1, 0.15) is 32.3 Å². The Morgan fingerprint density at radius 3 is 2.75 bits per heavy atom. The SMILES string of the molecule is CCOc1cc2c(cc1NC(=O)[C@@H]1CCCN(S(=O)(=O)c3ccc(F)cc3)C1)O[C@H](C)C2. The predicted octanol–water partition coefficient (Wildman–Crippen LogP) is 3.59. The number of hydrogen-bond donors (Lipinski definition) is 1. The van der Waals surface area contributed by atoms with Gasteiger partial charge in [-0.1, -0.05) is 0 Å². The van der Waals surface area contributed by atoms with Gasteiger partial charge in [-0.25, -0.2) is 12.8 Å². The molecule has 0 unspecified atom stereocenters. The number of piperidine rings is 1. The van der Waals surface area contributed by atoms with Gasteiger partial charge in [-0.15, -0.1) is 0 Å². The monoisotopic (exact) mass is 462 g/mol. The maximum absolute atomic E-state index is 13.2. The minimum atomic E-state index is -3.81. The lowest BCUT2D eigenvalue weighted by molar-refractivity contribution is -0.120. The van der Waals surface area contributed by atoms with Crippen molar-refractivity contribution in [3.63, 3.8) is 0 Å². The highest BCUT2D eigenvalue weighted by Crippen LogP contribution is 2.38. The fourth-order valence-corrected chi connectivity index (χ4v) is 5.70. The molecular formula is C23H27FN2O5S. The minimum absolute atomic E-state index is 0.0171. The summed E-state index contributed by atoms with van der Waals surface area (Å²) in [4.78, 5) is 13.1. The van der Waals surface area contributed by atoms with Crippen LogP contribution in [0.4, 0.5) is 10.1 Å². The average molecular weight is 463 g/mol. The van der Waals surface area contributed by atoms with Crippen LogP contribution in [-0.2, 0) is 21.2 Å². The first kappa shape index (κ1) is 22.5. The standard InChI is InChI=1S/C23H27FN2O5S/c1-3-30-22-12-17-11-15(2)31-21(17)13-20(22)25-23(27)16-5-4-10-26(14-16)32(28,29)19-8-6-18(24)7-9-19/h6-9,12-13,15-16H,3-5,10-11,14H2,1-2H3,(H,25,27)/t15-,16-/m1/s1. The molecule has 1 fully saturated rings. The molecule has 1 saturated heterocycles. The van der Waals surface area contributed by atoms with E-state index in [1.54, 1.807) is 6.07 Å². The van der Waals surface area contributed by atoms with Crippen molar-refractivity contribution in [2.45, 2.75) is 44.1 Å². The van der Waals surface area contributed by atoms with Gasteiger partial charge >= 0.3 is 0 Å². The van der Waals surface area contributed by atoms with Crippen molar-refractivity contribution < 1.29 is 27.1 Å². The summed E-state index contributed by atoms with van der Waals surface area (Å²) in [5.41, 5.74) is 1.55. The van der Waals surface area contributed by atoms with E-state index in [-0.39, 0.29) is 23.5 Å². The summed E-state index contributed by atoms with van der Waals surface area (Å²) in [5, 5.41) is 2.91. The van der Waals surface area contributed by atoms with Gasteiger partial charge in [-0.3, -0.25) is 4.79 Å². The Balaban J connectivity index is 1.50. The van der Waals surface area contributed by atoms with Gasteiger partial charge < -0.3 is 14.8 Å². The molecule has 0 aliphatic carbocycles. The first-order valence-corrected chi connectivity index (χ1v) is 12.2. The van der Waals surface area contributed by atoms with Crippen molar-refractivity contribution in [2.24, 2.45) is 5.92 Å². The van der Waals surface area contributed by atoms with E-state index in [1.807, 2.05) is 19.9 Å². The Morgan fingerprint density at radius 2 is 2.03 bits per heavy atom. The molecule has 9 heteroatoms. The number of benzene rings is 2. The Morgan fingerprint density at radius 1 is 1.28 bits per heavy atom. The molecule has 2 atom stereocenters. The van der Waals surface area contributed by atoms with Crippen LogP contribution in [0.5, 0.6) is 11.5 Å². The molecule has 0 saturated carbocycles. The second kappa shape index (κ2) is 9.07. The van der Waals surface area contributed by atoms with E-state index >= 15 is 0 Å². The lowest BCUT2D eigenvalue weighted by Gasteiger charge is -2.31. The number of fused-ring (bicyclic) bond motifs is 1. The van der Waals surface area contributed by atoms with E-state index in [2.05, 4.69) is 5.32 Å². The van der Waals surface area contributed by atoms with Crippen molar-refractivity contribution in [2.75, 3.05) is 25.0 Å². The van der Waals surface area contributed by atoms with Crippen LogP contribution < -0.4 is 14.8 Å². The fraction of sp³-hybridized carbons (Fsp3) is 0.435. The molecule has 4 rings (SSSR count). The zero-order valence-electron chi connectivity index (χ0n) is 18.1. The van der Waals surface area contributed by atoms with Crippen LogP contribution in [0, 0.1) is 11.7 Å². The molecule has 0 bridgehead atoms. The number of nitrogens with zero attached hydrogens (tertiary/aromatic N) is 1. The van der Waals surface area contributed by atoms with Crippen molar-refractivity contribution >= 4 is 21.6 Å². The first-order valence-electron chi connectivity index (χ1n) is 10.8. The van der Waals surface area contributed by atoms with Gasteiger partial charge in [0.25, 0.3) is 0 Å². The largest absolute Gasteiger partial charge is 0.492 e. The predicted molar refractivity (Wildman–Crippen MR) is 118 cm³/mol. The molecule has 2 aromatic carbocycles. The number of anilines is 1. The highest BCUT2D eigenvalue weighted by atomic mass is 32.2. The molecule has 2 aromatic rings. The second-order valence-corrected chi connectivity index (χ2v) is 10.1. The summed E-state index contributed by atoms with van der Waals surface area (Å²) < 4.78 is 51.9. The van der Waals surface area contributed by atoms with Gasteiger partial charge in [-0.2, -0.15) is 4.31 Å². The quantitative estimate of drug-likeness (QED) is 0.709. The van der Waals surface area contributed by atoms with Crippen LogP contribution in [0.3, 0.4) is 0 Å². The fourth-order valence-electron chi connectivity index (χ4n) is 4.18. The maximum Gasteiger partial charge on any atom is 0.243 e. The van der Waals surface area contributed by atoms with Crippen molar-refractivity contribution in [3.8, 4) is 11.5 Å². The van der Waals surface area contributed by atoms with E-state index < -0.39 is 21.8 Å². The first-order chi connectivity index (χ1) is 15.3. The zero-order chi connectivity index (χ0) is 22.9. The number of halogens is 1. The normalized spacial score (nSPS) is 21.0. The molecule has 2 heterocycles. The van der Waals surface area contributed by atoms with Gasteiger partial charge in [0, 0.05) is 31.1 Å². The zero-order valence-corrected chi connectivity index (χ0v) is 19.0. The average Bonchev–Trinajstić information content (AvgIpc) is 3.13.